The van der Waals surface area contributed by atoms with Crippen LogP contribution in [0.1, 0.15) is 11.1 Å². The lowest BCUT2D eigenvalue weighted by Crippen LogP contribution is -2.22. The van der Waals surface area contributed by atoms with Crippen LogP contribution in [0.3, 0.4) is 0 Å². The minimum absolute atomic E-state index is 0.0988. The van der Waals surface area contributed by atoms with E-state index in [2.05, 4.69) is 6.58 Å². The molecule has 0 bridgehead atoms. The van der Waals surface area contributed by atoms with E-state index in [1.165, 1.54) is 16.7 Å². The van der Waals surface area contributed by atoms with Gasteiger partial charge in [0.05, 0.1) is 10.6 Å². The number of thiocarbonyl (C=S) groups is 1. The number of ether oxygens (including phenoxy) is 1. The van der Waals surface area contributed by atoms with Gasteiger partial charge in [0.1, 0.15) is 22.4 Å². The first-order valence-corrected chi connectivity index (χ1v) is 10.9. The zero-order chi connectivity index (χ0) is 22.0. The largest absolute Gasteiger partial charge is 0.490 e. The molecule has 3 aromatic rings. The van der Waals surface area contributed by atoms with Crippen LogP contribution < -0.4 is 4.74 Å². The summed E-state index contributed by atoms with van der Waals surface area (Å²) in [4.78, 5) is 14.6. The molecule has 0 radical (unpaired) electrons. The molecule has 1 aromatic heterocycles. The lowest BCUT2D eigenvalue weighted by atomic mass is 10.0. The Labute approximate surface area is 191 Å². The predicted octanol–water partition coefficient (Wildman–Crippen LogP) is 5.24. The van der Waals surface area contributed by atoms with Crippen LogP contribution in [-0.2, 0) is 4.79 Å². The Kier molecular flexibility index (Phi) is 6.06. The Hall–Kier alpha value is -3.16. The highest BCUT2D eigenvalue weighted by molar-refractivity contribution is 8.26. The fraction of sp³-hybridized carbons (Fsp3) is 0.125. The van der Waals surface area contributed by atoms with Crippen LogP contribution in [0.15, 0.2) is 72.3 Å². The van der Waals surface area contributed by atoms with E-state index in [1.54, 1.807) is 13.1 Å². The summed E-state index contributed by atoms with van der Waals surface area (Å²) in [6.07, 6.45) is 5.52. The summed E-state index contributed by atoms with van der Waals surface area (Å²) >= 11 is 6.58. The van der Waals surface area contributed by atoms with Crippen LogP contribution in [0, 0.1) is 6.92 Å². The summed E-state index contributed by atoms with van der Waals surface area (Å²) < 4.78 is 8.03. The molecule has 156 valence electrons. The Balaban J connectivity index is 1.81. The van der Waals surface area contributed by atoms with Crippen LogP contribution in [-0.4, -0.2) is 38.6 Å². The van der Waals surface area contributed by atoms with Gasteiger partial charge in [-0.2, -0.15) is 5.10 Å². The molecule has 1 aliphatic rings. The van der Waals surface area contributed by atoms with Gasteiger partial charge in [-0.3, -0.25) is 9.69 Å². The molecule has 0 saturated carbocycles. The molecule has 0 N–H and O–H groups in total. The second-order valence-corrected chi connectivity index (χ2v) is 8.71. The number of rotatable bonds is 6. The van der Waals surface area contributed by atoms with Gasteiger partial charge in [0.2, 0.25) is 0 Å². The van der Waals surface area contributed by atoms with Crippen LogP contribution >= 0.6 is 24.0 Å². The van der Waals surface area contributed by atoms with Gasteiger partial charge in [-0.25, -0.2) is 4.68 Å². The highest BCUT2D eigenvalue weighted by Gasteiger charge is 2.29. The molecule has 5 nitrogen and oxygen atoms in total. The molecule has 1 saturated heterocycles. The van der Waals surface area contributed by atoms with Crippen molar-refractivity contribution in [3.8, 4) is 22.7 Å². The van der Waals surface area contributed by atoms with E-state index in [-0.39, 0.29) is 5.91 Å². The van der Waals surface area contributed by atoms with Crippen molar-refractivity contribution in [3.63, 3.8) is 0 Å². The molecule has 4 rings (SSSR count). The summed E-state index contributed by atoms with van der Waals surface area (Å²) in [5, 5.41) is 4.86. The SMILES string of the molecule is C=CCOc1ccc(-c2nn(-c3ccccc3)cc2C=C2SC(=S)N(C)C2=O)c(C)c1. The normalized spacial score (nSPS) is 15.0. The summed E-state index contributed by atoms with van der Waals surface area (Å²) in [5.74, 6) is 0.676. The molecule has 2 aromatic carbocycles. The van der Waals surface area contributed by atoms with E-state index in [0.717, 1.165) is 33.8 Å². The number of hydrogen-bond acceptors (Lipinski definition) is 5. The predicted molar refractivity (Wildman–Crippen MR) is 130 cm³/mol. The number of amides is 1. The minimum Gasteiger partial charge on any atom is -0.490 e. The number of likely N-dealkylation sites (N-methyl/N-ethyl adjacent to an activating group) is 1. The number of carbonyl (C=O) groups excluding carboxylic acids is 1. The Morgan fingerprint density at radius 1 is 1.23 bits per heavy atom. The number of carbonyl (C=O) groups is 1. The number of aryl methyl sites for hydroxylation is 1. The number of nitrogens with zero attached hydrogens (tertiary/aromatic N) is 3. The highest BCUT2D eigenvalue weighted by Crippen LogP contribution is 2.35. The Morgan fingerprint density at radius 2 is 2.00 bits per heavy atom. The molecule has 2 heterocycles. The summed E-state index contributed by atoms with van der Waals surface area (Å²) in [6.45, 7) is 6.16. The lowest BCUT2D eigenvalue weighted by molar-refractivity contribution is -0.121. The number of para-hydroxylation sites is 1. The van der Waals surface area contributed by atoms with Crippen molar-refractivity contribution in [3.05, 3.63) is 83.4 Å². The van der Waals surface area contributed by atoms with Crippen molar-refractivity contribution in [1.82, 2.24) is 14.7 Å². The molecule has 0 aliphatic carbocycles. The third kappa shape index (κ3) is 4.33. The van der Waals surface area contributed by atoms with Crippen molar-refractivity contribution in [2.75, 3.05) is 13.7 Å². The monoisotopic (exact) mass is 447 g/mol. The molecule has 0 spiro atoms. The first-order valence-electron chi connectivity index (χ1n) is 9.69. The van der Waals surface area contributed by atoms with Gasteiger partial charge in [-0.15, -0.1) is 0 Å². The maximum absolute atomic E-state index is 12.6. The average molecular weight is 448 g/mol. The molecule has 0 atom stereocenters. The lowest BCUT2D eigenvalue weighted by Gasteiger charge is -2.09. The molecule has 1 amide bonds. The number of hydrogen-bond donors (Lipinski definition) is 0. The van der Waals surface area contributed by atoms with E-state index in [9.17, 15) is 4.79 Å². The molecular weight excluding hydrogens is 426 g/mol. The topological polar surface area (TPSA) is 47.4 Å². The highest BCUT2D eigenvalue weighted by atomic mass is 32.2. The van der Waals surface area contributed by atoms with E-state index < -0.39 is 0 Å². The second kappa shape index (κ2) is 8.91. The van der Waals surface area contributed by atoms with Crippen LogP contribution in [0.5, 0.6) is 5.75 Å². The fourth-order valence-electron chi connectivity index (χ4n) is 3.25. The third-order valence-corrected chi connectivity index (χ3v) is 6.34. The van der Waals surface area contributed by atoms with E-state index in [0.29, 0.717) is 15.8 Å². The third-order valence-electron chi connectivity index (χ3n) is 4.86. The molecule has 1 aliphatic heterocycles. The molecule has 0 unspecified atom stereocenters. The smallest absolute Gasteiger partial charge is 0.265 e. The minimum atomic E-state index is -0.0988. The Bertz CT molecular complexity index is 1200. The quantitative estimate of drug-likeness (QED) is 0.294. The van der Waals surface area contributed by atoms with Gasteiger partial charge >= 0.3 is 0 Å². The van der Waals surface area contributed by atoms with Crippen LogP contribution in [0.25, 0.3) is 23.0 Å². The molecule has 7 heteroatoms. The van der Waals surface area contributed by atoms with E-state index >= 15 is 0 Å². The second-order valence-electron chi connectivity index (χ2n) is 7.03. The fourth-order valence-corrected chi connectivity index (χ4v) is 4.42. The van der Waals surface area contributed by atoms with Crippen LogP contribution in [0.2, 0.25) is 0 Å². The van der Waals surface area contributed by atoms with Gasteiger partial charge in [0, 0.05) is 24.4 Å². The first-order chi connectivity index (χ1) is 15.0. The maximum Gasteiger partial charge on any atom is 0.265 e. The molecular formula is C24H21N3O2S2. The summed E-state index contributed by atoms with van der Waals surface area (Å²) in [5.41, 5.74) is 4.57. The standard InChI is InChI=1S/C24H21N3O2S2/c1-4-12-29-19-10-11-20(16(2)13-19)22-17(14-21-23(28)26(3)24(30)31-21)15-27(25-22)18-8-6-5-7-9-18/h4-11,13-15H,1,12H2,2-3H3. The van der Waals surface area contributed by atoms with Crippen molar-refractivity contribution in [2.45, 2.75) is 6.92 Å². The molecule has 31 heavy (non-hydrogen) atoms. The number of benzene rings is 2. The van der Waals surface area contributed by atoms with Crippen molar-refractivity contribution < 1.29 is 9.53 Å². The van der Waals surface area contributed by atoms with Gasteiger partial charge in [0.25, 0.3) is 5.91 Å². The number of thioether (sulfide) groups is 1. The summed E-state index contributed by atoms with van der Waals surface area (Å²) in [7, 11) is 1.69. The van der Waals surface area contributed by atoms with Crippen molar-refractivity contribution in [1.29, 1.82) is 0 Å². The Morgan fingerprint density at radius 3 is 2.65 bits per heavy atom. The van der Waals surface area contributed by atoms with Gasteiger partial charge < -0.3 is 4.74 Å². The van der Waals surface area contributed by atoms with Crippen molar-refractivity contribution >= 4 is 40.3 Å². The van der Waals surface area contributed by atoms with Crippen LogP contribution in [0.4, 0.5) is 0 Å². The molecule has 1 fully saturated rings. The maximum atomic E-state index is 12.6. The van der Waals surface area contributed by atoms with E-state index in [1.807, 2.05) is 72.4 Å². The van der Waals surface area contributed by atoms with Gasteiger partial charge in [0.15, 0.2) is 0 Å². The van der Waals surface area contributed by atoms with Gasteiger partial charge in [-0.05, 0) is 48.9 Å². The number of aromatic nitrogens is 2. The zero-order valence-corrected chi connectivity index (χ0v) is 18.9. The van der Waals surface area contributed by atoms with E-state index in [4.69, 9.17) is 22.1 Å². The first kappa shape index (κ1) is 21.1. The van der Waals surface area contributed by atoms with Crippen molar-refractivity contribution in [2.24, 2.45) is 0 Å². The zero-order valence-electron chi connectivity index (χ0n) is 17.2. The average Bonchev–Trinajstić information content (AvgIpc) is 3.30. The van der Waals surface area contributed by atoms with Gasteiger partial charge in [-0.1, -0.05) is 54.8 Å². The summed E-state index contributed by atoms with van der Waals surface area (Å²) in [6, 6.07) is 15.8.